The first-order valence-corrected chi connectivity index (χ1v) is 13.1. The number of piperidine rings is 1. The molecular formula is C27H43NO. The van der Waals surface area contributed by atoms with Gasteiger partial charge in [-0.3, -0.25) is 0 Å². The first kappa shape index (κ1) is 19.4. The summed E-state index contributed by atoms with van der Waals surface area (Å²) in [7, 11) is 0. The molecule has 6 aliphatic rings. The van der Waals surface area contributed by atoms with Gasteiger partial charge in [0.1, 0.15) is 0 Å². The zero-order valence-electron chi connectivity index (χ0n) is 19.1. The lowest BCUT2D eigenvalue weighted by molar-refractivity contribution is -0.0641. The normalized spacial score (nSPS) is 54.5. The summed E-state index contributed by atoms with van der Waals surface area (Å²) >= 11 is 0. The number of hydrogen-bond acceptors (Lipinski definition) is 2. The van der Waals surface area contributed by atoms with Crippen LogP contribution in [0, 0.1) is 35.0 Å². The zero-order chi connectivity index (χ0) is 19.8. The molecule has 29 heavy (non-hydrogen) atoms. The van der Waals surface area contributed by atoms with Crippen LogP contribution >= 0.6 is 0 Å². The molecule has 0 radical (unpaired) electrons. The average molecular weight is 398 g/mol. The van der Waals surface area contributed by atoms with Crippen molar-refractivity contribution in [2.75, 3.05) is 6.54 Å². The van der Waals surface area contributed by atoms with Gasteiger partial charge in [0, 0.05) is 6.04 Å². The van der Waals surface area contributed by atoms with Crippen molar-refractivity contribution in [2.24, 2.45) is 35.0 Å². The number of hydrogen-bond donors (Lipinski definition) is 1. The van der Waals surface area contributed by atoms with Crippen molar-refractivity contribution >= 4 is 0 Å². The van der Waals surface area contributed by atoms with E-state index in [4.69, 9.17) is 4.74 Å². The smallest absolute Gasteiger partial charge is 0.0740 e. The summed E-state index contributed by atoms with van der Waals surface area (Å²) in [6.45, 7) is 8.76. The van der Waals surface area contributed by atoms with Gasteiger partial charge in [-0.25, -0.2) is 0 Å². The maximum absolute atomic E-state index is 6.92. The highest BCUT2D eigenvalue weighted by Gasteiger charge is 2.57. The van der Waals surface area contributed by atoms with Gasteiger partial charge in [-0.15, -0.1) is 0 Å². The van der Waals surface area contributed by atoms with Gasteiger partial charge in [-0.1, -0.05) is 37.8 Å². The Kier molecular flexibility index (Phi) is 4.56. The SMILES string of the molecule is CC1=C2CC3C(CCC4CCCCC43C)C2CC[C@]2(C1)CC1NCC(C)C[C@H]1O2. The fourth-order valence-electron chi connectivity index (χ4n) is 9.48. The predicted octanol–water partition coefficient (Wildman–Crippen LogP) is 6.26. The molecule has 0 aromatic rings. The molecule has 2 saturated heterocycles. The van der Waals surface area contributed by atoms with Gasteiger partial charge in [-0.05, 0) is 113 Å². The van der Waals surface area contributed by atoms with Gasteiger partial charge in [-0.2, -0.15) is 0 Å². The number of fused-ring (bicyclic) bond motifs is 6. The van der Waals surface area contributed by atoms with Crippen LogP contribution in [-0.4, -0.2) is 24.3 Å². The summed E-state index contributed by atoms with van der Waals surface area (Å²) in [6.07, 6.45) is 17.4. The Balaban J connectivity index is 1.26. The van der Waals surface area contributed by atoms with E-state index in [9.17, 15) is 0 Å². The summed E-state index contributed by atoms with van der Waals surface area (Å²) in [5, 5.41) is 3.83. The lowest BCUT2D eigenvalue weighted by Gasteiger charge is -2.52. The van der Waals surface area contributed by atoms with Crippen LogP contribution in [0.5, 0.6) is 0 Å². The monoisotopic (exact) mass is 397 g/mol. The van der Waals surface area contributed by atoms with E-state index in [1.54, 1.807) is 5.57 Å². The van der Waals surface area contributed by atoms with Gasteiger partial charge >= 0.3 is 0 Å². The average Bonchev–Trinajstić information content (AvgIpc) is 3.20. The molecule has 2 aliphatic heterocycles. The molecule has 7 unspecified atom stereocenters. The molecule has 5 fully saturated rings. The second-order valence-corrected chi connectivity index (χ2v) is 12.5. The van der Waals surface area contributed by atoms with Gasteiger partial charge in [0.25, 0.3) is 0 Å². The number of ether oxygens (including phenoxy) is 1. The molecule has 4 aliphatic carbocycles. The molecule has 6 rings (SSSR count). The Morgan fingerprint density at radius 1 is 1.07 bits per heavy atom. The highest BCUT2D eigenvalue weighted by Crippen LogP contribution is 2.64. The molecule has 0 bridgehead atoms. The largest absolute Gasteiger partial charge is 0.370 e. The molecule has 9 atom stereocenters. The molecule has 0 amide bonds. The minimum Gasteiger partial charge on any atom is -0.370 e. The maximum atomic E-state index is 6.92. The summed E-state index contributed by atoms with van der Waals surface area (Å²) < 4.78 is 6.92. The highest BCUT2D eigenvalue weighted by atomic mass is 16.5. The highest BCUT2D eigenvalue weighted by molar-refractivity contribution is 5.28. The lowest BCUT2D eigenvalue weighted by Crippen LogP contribution is -2.45. The van der Waals surface area contributed by atoms with Crippen LogP contribution in [0.25, 0.3) is 0 Å². The predicted molar refractivity (Wildman–Crippen MR) is 119 cm³/mol. The number of nitrogens with one attached hydrogen (secondary N) is 1. The molecule has 3 saturated carbocycles. The van der Waals surface area contributed by atoms with Crippen molar-refractivity contribution < 1.29 is 4.74 Å². The molecule has 1 N–H and O–H groups in total. The Morgan fingerprint density at radius 2 is 1.97 bits per heavy atom. The van der Waals surface area contributed by atoms with Crippen molar-refractivity contribution in [2.45, 2.75) is 116 Å². The van der Waals surface area contributed by atoms with Gasteiger partial charge < -0.3 is 10.1 Å². The standard InChI is InChI=1S/C27H43NO/c1-17-12-25-24(28-16-17)15-27(29-25)11-9-20-21-8-7-19-6-4-5-10-26(19,3)23(21)13-22(20)18(2)14-27/h17,19-21,23-25,28H,4-16H2,1-3H3/t17?,19?,20?,21?,23?,24?,25-,26?,27+/m1/s1. The first-order valence-electron chi connectivity index (χ1n) is 13.1. The van der Waals surface area contributed by atoms with E-state index in [-0.39, 0.29) is 5.60 Å². The Bertz CT molecular complexity index is 699. The van der Waals surface area contributed by atoms with Crippen molar-refractivity contribution in [1.29, 1.82) is 0 Å². The van der Waals surface area contributed by atoms with E-state index in [2.05, 4.69) is 26.1 Å². The molecule has 162 valence electrons. The van der Waals surface area contributed by atoms with E-state index in [0.717, 1.165) is 29.6 Å². The lowest BCUT2D eigenvalue weighted by atomic mass is 9.52. The maximum Gasteiger partial charge on any atom is 0.0740 e. The van der Waals surface area contributed by atoms with E-state index in [1.807, 2.05) is 5.57 Å². The Hall–Kier alpha value is -0.340. The summed E-state index contributed by atoms with van der Waals surface area (Å²) in [5.41, 5.74) is 4.44. The van der Waals surface area contributed by atoms with E-state index in [1.165, 1.54) is 83.6 Å². The van der Waals surface area contributed by atoms with Crippen molar-refractivity contribution in [3.8, 4) is 0 Å². The van der Waals surface area contributed by atoms with Crippen LogP contribution < -0.4 is 5.32 Å². The number of allylic oxidation sites excluding steroid dienone is 1. The molecule has 0 aromatic carbocycles. The van der Waals surface area contributed by atoms with E-state index in [0.29, 0.717) is 17.6 Å². The topological polar surface area (TPSA) is 21.3 Å². The van der Waals surface area contributed by atoms with E-state index >= 15 is 0 Å². The van der Waals surface area contributed by atoms with Crippen molar-refractivity contribution in [1.82, 2.24) is 5.32 Å². The second-order valence-electron chi connectivity index (χ2n) is 12.5. The Morgan fingerprint density at radius 3 is 2.86 bits per heavy atom. The molecule has 1 spiro atoms. The van der Waals surface area contributed by atoms with Gasteiger partial charge in [0.05, 0.1) is 11.7 Å². The number of rotatable bonds is 0. The van der Waals surface area contributed by atoms with Crippen LogP contribution in [-0.2, 0) is 4.74 Å². The third kappa shape index (κ3) is 2.94. The Labute approximate surface area is 178 Å². The van der Waals surface area contributed by atoms with Crippen molar-refractivity contribution in [3.05, 3.63) is 11.1 Å². The minimum absolute atomic E-state index is 0.148. The van der Waals surface area contributed by atoms with Crippen molar-refractivity contribution in [3.63, 3.8) is 0 Å². The first-order chi connectivity index (χ1) is 14.0. The molecule has 2 nitrogen and oxygen atoms in total. The molecule has 2 heterocycles. The van der Waals surface area contributed by atoms with Crippen LogP contribution in [0.2, 0.25) is 0 Å². The summed E-state index contributed by atoms with van der Waals surface area (Å²) in [5.74, 6) is 4.65. The van der Waals surface area contributed by atoms with Crippen LogP contribution in [0.3, 0.4) is 0 Å². The molecular weight excluding hydrogens is 354 g/mol. The fourth-order valence-corrected chi connectivity index (χ4v) is 9.48. The zero-order valence-corrected chi connectivity index (χ0v) is 19.1. The fraction of sp³-hybridized carbons (Fsp3) is 0.926. The van der Waals surface area contributed by atoms with Crippen LogP contribution in [0.4, 0.5) is 0 Å². The third-order valence-electron chi connectivity index (χ3n) is 10.9. The second kappa shape index (κ2) is 6.83. The minimum atomic E-state index is 0.148. The van der Waals surface area contributed by atoms with Gasteiger partial charge in [0.15, 0.2) is 0 Å². The molecule has 0 aromatic heterocycles. The third-order valence-corrected chi connectivity index (χ3v) is 10.9. The molecule has 2 heteroatoms. The van der Waals surface area contributed by atoms with Gasteiger partial charge in [0.2, 0.25) is 0 Å². The van der Waals surface area contributed by atoms with Crippen LogP contribution in [0.1, 0.15) is 97.8 Å². The summed E-state index contributed by atoms with van der Waals surface area (Å²) in [4.78, 5) is 0. The quantitative estimate of drug-likeness (QED) is 0.487. The van der Waals surface area contributed by atoms with Crippen LogP contribution in [0.15, 0.2) is 11.1 Å². The summed E-state index contributed by atoms with van der Waals surface area (Å²) in [6, 6.07) is 0.617. The van der Waals surface area contributed by atoms with E-state index < -0.39 is 0 Å².